The number of nitro groups is 1. The molecule has 154 valence electrons. The fourth-order valence-electron chi connectivity index (χ4n) is 3.55. The fourth-order valence-corrected chi connectivity index (χ4v) is 3.55. The number of carbonyl (C=O) groups excluding carboxylic acids is 2. The Kier molecular flexibility index (Phi) is 5.97. The smallest absolute Gasteiger partial charge is 0.340 e. The monoisotopic (exact) mass is 402 g/mol. The summed E-state index contributed by atoms with van der Waals surface area (Å²) in [6.07, 6.45) is 3.14. The zero-order valence-electron chi connectivity index (χ0n) is 16.5. The van der Waals surface area contributed by atoms with Crippen LogP contribution in [-0.4, -0.2) is 55.2 Å². The lowest BCUT2D eigenvalue weighted by atomic mass is 10.0. The number of hydrogen-bond acceptors (Lipinski definition) is 7. The van der Waals surface area contributed by atoms with Crippen LogP contribution in [0.15, 0.2) is 35.0 Å². The van der Waals surface area contributed by atoms with Gasteiger partial charge in [-0.05, 0) is 37.5 Å². The highest BCUT2D eigenvalue weighted by Crippen LogP contribution is 2.34. The van der Waals surface area contributed by atoms with E-state index in [1.165, 1.54) is 37.3 Å². The van der Waals surface area contributed by atoms with E-state index in [0.717, 1.165) is 12.8 Å². The first-order valence-electron chi connectivity index (χ1n) is 9.14. The number of methoxy groups -OCH3 is 2. The van der Waals surface area contributed by atoms with E-state index < -0.39 is 10.9 Å². The normalized spacial score (nSPS) is 20.5. The number of nitrogens with zero attached hydrogens (tertiary/aromatic N) is 2. The molecule has 0 unspecified atom stereocenters. The predicted molar refractivity (Wildman–Crippen MR) is 103 cm³/mol. The van der Waals surface area contributed by atoms with Gasteiger partial charge in [0.25, 0.3) is 5.91 Å². The van der Waals surface area contributed by atoms with Crippen LogP contribution in [0.1, 0.15) is 25.3 Å². The van der Waals surface area contributed by atoms with Gasteiger partial charge >= 0.3 is 11.7 Å². The van der Waals surface area contributed by atoms with Gasteiger partial charge in [-0.25, -0.2) is 4.79 Å². The standard InChI is InChI=1S/C20H22N2O7/c1-12-18(20(24)28-3)15(19(23)21(12)11-14-5-4-8-29-14)9-13-6-7-17(27-2)16(10-13)22(25)26/h6-7,9-10,14H,4-5,8,11H2,1-3H3/b15-9-/t14-/m0/s1. The van der Waals surface area contributed by atoms with Crippen molar-refractivity contribution >= 4 is 23.6 Å². The molecule has 2 aliphatic heterocycles. The minimum Gasteiger partial charge on any atom is -0.490 e. The second kappa shape index (κ2) is 8.44. The molecule has 1 atom stereocenters. The van der Waals surface area contributed by atoms with Crippen LogP contribution in [0, 0.1) is 10.1 Å². The molecule has 0 radical (unpaired) electrons. The molecule has 0 saturated carbocycles. The van der Waals surface area contributed by atoms with Crippen LogP contribution >= 0.6 is 0 Å². The number of amides is 1. The molecule has 9 nitrogen and oxygen atoms in total. The number of carbonyl (C=O) groups is 2. The Labute approximate surface area is 167 Å². The Bertz CT molecular complexity index is 913. The third kappa shape index (κ3) is 4.00. The first-order chi connectivity index (χ1) is 13.9. The van der Waals surface area contributed by atoms with Crippen LogP contribution in [0.3, 0.4) is 0 Å². The lowest BCUT2D eigenvalue weighted by Crippen LogP contribution is -2.33. The van der Waals surface area contributed by atoms with Crippen molar-refractivity contribution in [3.05, 3.63) is 50.7 Å². The summed E-state index contributed by atoms with van der Waals surface area (Å²) in [5.41, 5.74) is 0.922. The third-order valence-electron chi connectivity index (χ3n) is 5.02. The summed E-state index contributed by atoms with van der Waals surface area (Å²) in [7, 11) is 2.58. The van der Waals surface area contributed by atoms with E-state index in [1.54, 1.807) is 13.0 Å². The second-order valence-corrected chi connectivity index (χ2v) is 6.75. The van der Waals surface area contributed by atoms with Crippen LogP contribution in [-0.2, 0) is 19.1 Å². The molecule has 0 spiro atoms. The van der Waals surface area contributed by atoms with Crippen LogP contribution in [0.2, 0.25) is 0 Å². The first-order valence-corrected chi connectivity index (χ1v) is 9.14. The summed E-state index contributed by atoms with van der Waals surface area (Å²) < 4.78 is 15.5. The predicted octanol–water partition coefficient (Wildman–Crippen LogP) is 2.46. The van der Waals surface area contributed by atoms with Crippen LogP contribution in [0.25, 0.3) is 6.08 Å². The lowest BCUT2D eigenvalue weighted by Gasteiger charge is -2.21. The molecule has 9 heteroatoms. The SMILES string of the molecule is COC(=O)C1=C(C)N(C[C@@H]2CCCO2)C(=O)/C1=C\c1ccc(OC)c([N+](=O)[O-])c1. The van der Waals surface area contributed by atoms with Crippen molar-refractivity contribution in [2.75, 3.05) is 27.4 Å². The van der Waals surface area contributed by atoms with Gasteiger partial charge in [0.1, 0.15) is 0 Å². The Hall–Kier alpha value is -3.20. The molecule has 1 amide bonds. The molecule has 1 aromatic rings. The number of nitro benzene ring substituents is 1. The summed E-state index contributed by atoms with van der Waals surface area (Å²) in [4.78, 5) is 37.7. The van der Waals surface area contributed by atoms with Gasteiger partial charge in [0.05, 0.1) is 42.9 Å². The first kappa shape index (κ1) is 20.5. The zero-order valence-corrected chi connectivity index (χ0v) is 16.5. The van der Waals surface area contributed by atoms with Gasteiger partial charge in [-0.2, -0.15) is 0 Å². The second-order valence-electron chi connectivity index (χ2n) is 6.75. The highest BCUT2D eigenvalue weighted by molar-refractivity contribution is 6.16. The zero-order chi connectivity index (χ0) is 21.1. The quantitative estimate of drug-likeness (QED) is 0.311. The molecular formula is C20H22N2O7. The molecule has 0 N–H and O–H groups in total. The number of ether oxygens (including phenoxy) is 3. The number of benzene rings is 1. The van der Waals surface area contributed by atoms with E-state index in [0.29, 0.717) is 24.4 Å². The molecule has 29 heavy (non-hydrogen) atoms. The maximum absolute atomic E-state index is 13.1. The van der Waals surface area contributed by atoms with Crippen molar-refractivity contribution in [1.82, 2.24) is 4.90 Å². The Morgan fingerprint density at radius 3 is 2.76 bits per heavy atom. The van der Waals surface area contributed by atoms with Gasteiger partial charge in [-0.3, -0.25) is 14.9 Å². The summed E-state index contributed by atoms with van der Waals surface area (Å²) >= 11 is 0. The molecule has 3 rings (SSSR count). The molecular weight excluding hydrogens is 380 g/mol. The van der Waals surface area contributed by atoms with Crippen molar-refractivity contribution in [3.8, 4) is 5.75 Å². The Morgan fingerprint density at radius 2 is 2.17 bits per heavy atom. The van der Waals surface area contributed by atoms with Gasteiger partial charge in [-0.15, -0.1) is 0 Å². The molecule has 1 fully saturated rings. The van der Waals surface area contributed by atoms with E-state index in [4.69, 9.17) is 14.2 Å². The molecule has 2 heterocycles. The van der Waals surface area contributed by atoms with Gasteiger partial charge < -0.3 is 19.1 Å². The van der Waals surface area contributed by atoms with Crippen molar-refractivity contribution in [3.63, 3.8) is 0 Å². The van der Waals surface area contributed by atoms with Crippen molar-refractivity contribution < 1.29 is 28.7 Å². The van der Waals surface area contributed by atoms with Gasteiger partial charge in [0, 0.05) is 18.4 Å². The summed E-state index contributed by atoms with van der Waals surface area (Å²) in [5.74, 6) is -0.897. The van der Waals surface area contributed by atoms with Gasteiger partial charge in [0.2, 0.25) is 0 Å². The van der Waals surface area contributed by atoms with Crippen LogP contribution < -0.4 is 4.74 Å². The fraction of sp³-hybridized carbons (Fsp3) is 0.400. The lowest BCUT2D eigenvalue weighted by molar-refractivity contribution is -0.385. The topological polar surface area (TPSA) is 108 Å². The average Bonchev–Trinajstić information content (AvgIpc) is 3.30. The Morgan fingerprint density at radius 1 is 1.41 bits per heavy atom. The van der Waals surface area contributed by atoms with E-state index in [2.05, 4.69) is 0 Å². The van der Waals surface area contributed by atoms with E-state index in [9.17, 15) is 19.7 Å². The summed E-state index contributed by atoms with van der Waals surface area (Å²) in [6.45, 7) is 2.67. The van der Waals surface area contributed by atoms with E-state index >= 15 is 0 Å². The maximum Gasteiger partial charge on any atom is 0.340 e. The molecule has 1 saturated heterocycles. The van der Waals surface area contributed by atoms with Gasteiger partial charge in [0.15, 0.2) is 5.75 Å². The summed E-state index contributed by atoms with van der Waals surface area (Å²) in [6, 6.07) is 4.33. The van der Waals surface area contributed by atoms with Crippen molar-refractivity contribution in [2.45, 2.75) is 25.9 Å². The number of esters is 1. The highest BCUT2D eigenvalue weighted by atomic mass is 16.6. The highest BCUT2D eigenvalue weighted by Gasteiger charge is 2.38. The number of hydrogen-bond donors (Lipinski definition) is 0. The third-order valence-corrected chi connectivity index (χ3v) is 5.02. The van der Waals surface area contributed by atoms with Crippen LogP contribution in [0.5, 0.6) is 5.75 Å². The molecule has 1 aromatic carbocycles. The van der Waals surface area contributed by atoms with E-state index in [-0.39, 0.29) is 34.6 Å². The largest absolute Gasteiger partial charge is 0.490 e. The molecule has 2 aliphatic rings. The Balaban J connectivity index is 2.02. The summed E-state index contributed by atoms with van der Waals surface area (Å²) in [5, 5.41) is 11.3. The van der Waals surface area contributed by atoms with Crippen molar-refractivity contribution in [1.29, 1.82) is 0 Å². The average molecular weight is 402 g/mol. The molecule has 0 bridgehead atoms. The maximum atomic E-state index is 13.1. The minimum absolute atomic E-state index is 0.0887. The molecule has 0 aromatic heterocycles. The minimum atomic E-state index is -0.639. The van der Waals surface area contributed by atoms with Crippen LogP contribution in [0.4, 0.5) is 5.69 Å². The number of allylic oxidation sites excluding steroid dienone is 1. The van der Waals surface area contributed by atoms with Crippen molar-refractivity contribution in [2.24, 2.45) is 0 Å². The van der Waals surface area contributed by atoms with E-state index in [1.807, 2.05) is 0 Å². The number of rotatable bonds is 6. The molecule has 0 aliphatic carbocycles. The van der Waals surface area contributed by atoms with Gasteiger partial charge in [-0.1, -0.05) is 6.07 Å².